The molecule has 102 valence electrons. The number of aliphatic carboxylic acids is 1. The van der Waals surface area contributed by atoms with Crippen LogP contribution in [0.2, 0.25) is 0 Å². The Bertz CT molecular complexity index is 311. The van der Waals surface area contributed by atoms with E-state index in [-0.39, 0.29) is 24.8 Å². The van der Waals surface area contributed by atoms with Crippen LogP contribution < -0.4 is 5.32 Å². The van der Waals surface area contributed by atoms with E-state index in [0.29, 0.717) is 25.9 Å². The van der Waals surface area contributed by atoms with Crippen LogP contribution in [-0.4, -0.2) is 41.0 Å². The van der Waals surface area contributed by atoms with Crippen LogP contribution in [0, 0.1) is 0 Å². The molecule has 0 aliphatic carbocycles. The summed E-state index contributed by atoms with van der Waals surface area (Å²) in [7, 11) is 0. The Morgan fingerprint density at radius 3 is 2.22 bits per heavy atom. The number of nitrogens with zero attached hydrogens (tertiary/aromatic N) is 1. The van der Waals surface area contributed by atoms with Crippen LogP contribution in [-0.2, 0) is 9.59 Å². The topological polar surface area (TPSA) is 86.7 Å². The summed E-state index contributed by atoms with van der Waals surface area (Å²) in [6.45, 7) is 1.41. The van der Waals surface area contributed by atoms with Crippen LogP contribution >= 0.6 is 0 Å². The standard InChI is InChI=1S/C12H20N2O4/c15-10(6-2-3-7-11(16)17)13-12(18)14-8-4-1-5-9-14/h1-9H2,(H,16,17)(H,13,15,18). The summed E-state index contributed by atoms with van der Waals surface area (Å²) in [5.74, 6) is -1.18. The van der Waals surface area contributed by atoms with Crippen LogP contribution in [0.1, 0.15) is 44.9 Å². The van der Waals surface area contributed by atoms with E-state index in [9.17, 15) is 14.4 Å². The maximum absolute atomic E-state index is 11.6. The van der Waals surface area contributed by atoms with E-state index in [1.807, 2.05) is 0 Å². The van der Waals surface area contributed by atoms with Gasteiger partial charge in [-0.2, -0.15) is 0 Å². The number of carboxylic acids is 1. The van der Waals surface area contributed by atoms with Crippen molar-refractivity contribution in [2.75, 3.05) is 13.1 Å². The number of carboxylic acid groups (broad SMARTS) is 1. The maximum atomic E-state index is 11.6. The number of unbranched alkanes of at least 4 members (excludes halogenated alkanes) is 1. The Kier molecular flexibility index (Phi) is 6.18. The number of hydrogen-bond donors (Lipinski definition) is 2. The molecule has 2 N–H and O–H groups in total. The summed E-state index contributed by atoms with van der Waals surface area (Å²) >= 11 is 0. The predicted molar refractivity (Wildman–Crippen MR) is 65.1 cm³/mol. The molecule has 0 aromatic carbocycles. The van der Waals surface area contributed by atoms with Gasteiger partial charge in [0.1, 0.15) is 0 Å². The highest BCUT2D eigenvalue weighted by molar-refractivity contribution is 5.94. The van der Waals surface area contributed by atoms with Crippen LogP contribution in [0.3, 0.4) is 0 Å². The minimum Gasteiger partial charge on any atom is -0.481 e. The number of rotatable bonds is 5. The first kappa shape index (κ1) is 14.5. The SMILES string of the molecule is O=C(O)CCCCC(=O)NC(=O)N1CCCCC1. The molecule has 18 heavy (non-hydrogen) atoms. The number of likely N-dealkylation sites (tertiary alicyclic amines) is 1. The molecule has 1 saturated heterocycles. The van der Waals surface area contributed by atoms with Gasteiger partial charge in [-0.05, 0) is 32.1 Å². The Labute approximate surface area is 106 Å². The Morgan fingerprint density at radius 2 is 1.61 bits per heavy atom. The van der Waals surface area contributed by atoms with Crippen molar-refractivity contribution in [2.45, 2.75) is 44.9 Å². The lowest BCUT2D eigenvalue weighted by Crippen LogP contribution is -2.45. The zero-order valence-corrected chi connectivity index (χ0v) is 10.5. The molecule has 0 unspecified atom stereocenters. The third-order valence-electron chi connectivity index (χ3n) is 2.93. The monoisotopic (exact) mass is 256 g/mol. The Hall–Kier alpha value is -1.59. The lowest BCUT2D eigenvalue weighted by atomic mass is 10.1. The first-order chi connectivity index (χ1) is 8.59. The van der Waals surface area contributed by atoms with Crippen LogP contribution in [0.4, 0.5) is 4.79 Å². The first-order valence-electron chi connectivity index (χ1n) is 6.40. The second-order valence-corrected chi connectivity index (χ2v) is 4.50. The minimum absolute atomic E-state index is 0.0628. The summed E-state index contributed by atoms with van der Waals surface area (Å²) in [4.78, 5) is 35.0. The molecule has 0 saturated carbocycles. The Morgan fingerprint density at radius 1 is 1.00 bits per heavy atom. The number of piperidine rings is 1. The third kappa shape index (κ3) is 5.65. The zero-order chi connectivity index (χ0) is 13.4. The van der Waals surface area contributed by atoms with Gasteiger partial charge in [-0.3, -0.25) is 14.9 Å². The number of urea groups is 1. The zero-order valence-electron chi connectivity index (χ0n) is 10.5. The van der Waals surface area contributed by atoms with Crippen molar-refractivity contribution in [3.8, 4) is 0 Å². The number of amides is 3. The number of imide groups is 1. The van der Waals surface area contributed by atoms with E-state index in [1.165, 1.54) is 0 Å². The summed E-state index contributed by atoms with van der Waals surface area (Å²) in [5.41, 5.74) is 0. The van der Waals surface area contributed by atoms with Gasteiger partial charge in [0, 0.05) is 25.9 Å². The third-order valence-corrected chi connectivity index (χ3v) is 2.93. The van der Waals surface area contributed by atoms with Gasteiger partial charge in [-0.15, -0.1) is 0 Å². The summed E-state index contributed by atoms with van der Waals surface area (Å²) < 4.78 is 0. The van der Waals surface area contributed by atoms with Gasteiger partial charge in [-0.1, -0.05) is 0 Å². The van der Waals surface area contributed by atoms with Crippen LogP contribution in [0.25, 0.3) is 0 Å². The molecule has 0 aromatic heterocycles. The molecule has 6 heteroatoms. The van der Waals surface area contributed by atoms with Crippen molar-refractivity contribution in [3.63, 3.8) is 0 Å². The van der Waals surface area contributed by atoms with E-state index < -0.39 is 5.97 Å². The number of carbonyl (C=O) groups is 3. The highest BCUT2D eigenvalue weighted by Gasteiger charge is 2.18. The molecular weight excluding hydrogens is 236 g/mol. The number of nitrogens with one attached hydrogen (secondary N) is 1. The second kappa shape index (κ2) is 7.68. The van der Waals surface area contributed by atoms with Gasteiger partial charge in [0.25, 0.3) is 0 Å². The maximum Gasteiger partial charge on any atom is 0.324 e. The van der Waals surface area contributed by atoms with E-state index in [2.05, 4.69) is 5.32 Å². The predicted octanol–water partition coefficient (Wildman–Crippen LogP) is 1.35. The molecule has 0 aromatic rings. The fourth-order valence-electron chi connectivity index (χ4n) is 1.92. The Balaban J connectivity index is 2.14. The molecule has 6 nitrogen and oxygen atoms in total. The lowest BCUT2D eigenvalue weighted by Gasteiger charge is -2.26. The highest BCUT2D eigenvalue weighted by atomic mass is 16.4. The van der Waals surface area contributed by atoms with Crippen molar-refractivity contribution in [2.24, 2.45) is 0 Å². The van der Waals surface area contributed by atoms with E-state index in [1.54, 1.807) is 4.90 Å². The quantitative estimate of drug-likeness (QED) is 0.727. The average Bonchev–Trinajstić information content (AvgIpc) is 2.35. The summed E-state index contributed by atoms with van der Waals surface area (Å²) in [6.07, 6.45) is 4.32. The average molecular weight is 256 g/mol. The number of carbonyl (C=O) groups excluding carboxylic acids is 2. The first-order valence-corrected chi connectivity index (χ1v) is 6.40. The van der Waals surface area contributed by atoms with Gasteiger partial charge in [-0.25, -0.2) is 4.79 Å². The molecule has 3 amide bonds. The lowest BCUT2D eigenvalue weighted by molar-refractivity contribution is -0.137. The molecule has 0 atom stereocenters. The van der Waals surface area contributed by atoms with Crippen molar-refractivity contribution in [3.05, 3.63) is 0 Å². The number of hydrogen-bond acceptors (Lipinski definition) is 3. The van der Waals surface area contributed by atoms with Gasteiger partial charge >= 0.3 is 12.0 Å². The molecular formula is C12H20N2O4. The van der Waals surface area contributed by atoms with Crippen molar-refractivity contribution in [1.82, 2.24) is 10.2 Å². The van der Waals surface area contributed by atoms with E-state index >= 15 is 0 Å². The van der Waals surface area contributed by atoms with Gasteiger partial charge in [0.2, 0.25) is 5.91 Å². The fraction of sp³-hybridized carbons (Fsp3) is 0.750. The molecule has 1 aliphatic rings. The summed E-state index contributed by atoms with van der Waals surface area (Å²) in [5, 5.41) is 10.8. The fourth-order valence-corrected chi connectivity index (χ4v) is 1.92. The van der Waals surface area contributed by atoms with Crippen LogP contribution in [0.5, 0.6) is 0 Å². The molecule has 1 fully saturated rings. The molecule has 1 rings (SSSR count). The van der Waals surface area contributed by atoms with E-state index in [4.69, 9.17) is 5.11 Å². The van der Waals surface area contributed by atoms with Gasteiger partial charge < -0.3 is 10.0 Å². The highest BCUT2D eigenvalue weighted by Crippen LogP contribution is 2.08. The van der Waals surface area contributed by atoms with Crippen molar-refractivity contribution >= 4 is 17.9 Å². The van der Waals surface area contributed by atoms with Gasteiger partial charge in [0.15, 0.2) is 0 Å². The molecule has 1 aliphatic heterocycles. The van der Waals surface area contributed by atoms with Crippen LogP contribution in [0.15, 0.2) is 0 Å². The molecule has 0 radical (unpaired) electrons. The summed E-state index contributed by atoms with van der Waals surface area (Å²) in [6, 6.07) is -0.321. The van der Waals surface area contributed by atoms with E-state index in [0.717, 1.165) is 19.3 Å². The molecule has 1 heterocycles. The molecule has 0 spiro atoms. The molecule has 0 bridgehead atoms. The van der Waals surface area contributed by atoms with Gasteiger partial charge in [0.05, 0.1) is 0 Å². The normalized spacial score (nSPS) is 15.2. The smallest absolute Gasteiger partial charge is 0.324 e. The second-order valence-electron chi connectivity index (χ2n) is 4.50. The minimum atomic E-state index is -0.861. The van der Waals surface area contributed by atoms with Crippen molar-refractivity contribution < 1.29 is 19.5 Å². The van der Waals surface area contributed by atoms with Crippen molar-refractivity contribution in [1.29, 1.82) is 0 Å². The largest absolute Gasteiger partial charge is 0.481 e.